The lowest BCUT2D eigenvalue weighted by atomic mass is 10.1. The lowest BCUT2D eigenvalue weighted by Crippen LogP contribution is -2.24. The molecule has 0 fully saturated rings. The van der Waals surface area contributed by atoms with E-state index >= 15 is 0 Å². The topological polar surface area (TPSA) is 66.9 Å². The SMILES string of the molecule is Cc1ccc(C)c(Nc2nc(C)cc(C(=O)NCc3ccc(Cl)cc3)n2)c1. The number of aryl methyl sites for hydroxylation is 3. The van der Waals surface area contributed by atoms with E-state index < -0.39 is 0 Å². The molecule has 0 spiro atoms. The number of carbonyl (C=O) groups excluding carboxylic acids is 1. The van der Waals surface area contributed by atoms with Gasteiger partial charge in [0.1, 0.15) is 5.69 Å². The van der Waals surface area contributed by atoms with E-state index in [1.807, 2.05) is 51.1 Å². The molecule has 5 nitrogen and oxygen atoms in total. The van der Waals surface area contributed by atoms with Crippen LogP contribution in [-0.2, 0) is 6.54 Å². The minimum Gasteiger partial charge on any atom is -0.347 e. The van der Waals surface area contributed by atoms with Crippen LogP contribution in [0.2, 0.25) is 5.02 Å². The van der Waals surface area contributed by atoms with Gasteiger partial charge in [0, 0.05) is 22.9 Å². The summed E-state index contributed by atoms with van der Waals surface area (Å²) >= 11 is 5.88. The second-order valence-electron chi connectivity index (χ2n) is 6.47. The molecular weight excluding hydrogens is 360 g/mol. The van der Waals surface area contributed by atoms with Crippen molar-refractivity contribution >= 4 is 29.1 Å². The van der Waals surface area contributed by atoms with Crippen molar-refractivity contribution in [2.24, 2.45) is 0 Å². The second kappa shape index (κ2) is 8.18. The molecule has 3 rings (SSSR count). The van der Waals surface area contributed by atoms with Gasteiger partial charge in [-0.3, -0.25) is 4.79 Å². The van der Waals surface area contributed by atoms with Gasteiger partial charge in [0.25, 0.3) is 5.91 Å². The summed E-state index contributed by atoms with van der Waals surface area (Å²) < 4.78 is 0. The number of nitrogens with zero attached hydrogens (tertiary/aromatic N) is 2. The number of hydrogen-bond acceptors (Lipinski definition) is 4. The molecule has 1 amide bonds. The molecule has 0 radical (unpaired) electrons. The number of rotatable bonds is 5. The first kappa shape index (κ1) is 18.9. The summed E-state index contributed by atoms with van der Waals surface area (Å²) in [4.78, 5) is 21.3. The third-order valence-electron chi connectivity index (χ3n) is 4.09. The Kier molecular flexibility index (Phi) is 5.72. The van der Waals surface area contributed by atoms with E-state index in [2.05, 4.69) is 20.6 Å². The summed E-state index contributed by atoms with van der Waals surface area (Å²) in [6.45, 7) is 6.28. The van der Waals surface area contributed by atoms with Gasteiger partial charge < -0.3 is 10.6 Å². The smallest absolute Gasteiger partial charge is 0.270 e. The number of carbonyl (C=O) groups is 1. The molecule has 0 atom stereocenters. The predicted molar refractivity (Wildman–Crippen MR) is 109 cm³/mol. The van der Waals surface area contributed by atoms with Gasteiger partial charge in [-0.05, 0) is 61.7 Å². The zero-order valence-corrected chi connectivity index (χ0v) is 16.3. The van der Waals surface area contributed by atoms with Crippen LogP contribution in [0.25, 0.3) is 0 Å². The van der Waals surface area contributed by atoms with Crippen molar-refractivity contribution in [3.05, 3.63) is 81.6 Å². The van der Waals surface area contributed by atoms with Crippen molar-refractivity contribution in [1.29, 1.82) is 0 Å². The molecule has 0 aliphatic rings. The largest absolute Gasteiger partial charge is 0.347 e. The standard InChI is InChI=1S/C21H21ClN4O/c1-13-4-5-14(2)18(10-13)25-21-24-15(3)11-19(26-21)20(27)23-12-16-6-8-17(22)9-7-16/h4-11H,12H2,1-3H3,(H,23,27)(H,24,25,26). The molecular formula is C21H21ClN4O. The van der Waals surface area contributed by atoms with E-state index in [-0.39, 0.29) is 5.91 Å². The Morgan fingerprint density at radius 2 is 1.74 bits per heavy atom. The molecule has 2 aromatic carbocycles. The van der Waals surface area contributed by atoms with Crippen LogP contribution in [0.15, 0.2) is 48.5 Å². The molecule has 3 aromatic rings. The number of benzene rings is 2. The van der Waals surface area contributed by atoms with E-state index in [0.717, 1.165) is 28.1 Å². The molecule has 138 valence electrons. The van der Waals surface area contributed by atoms with Gasteiger partial charge in [0.2, 0.25) is 5.95 Å². The number of hydrogen-bond donors (Lipinski definition) is 2. The first-order valence-electron chi connectivity index (χ1n) is 8.63. The highest BCUT2D eigenvalue weighted by atomic mass is 35.5. The Hall–Kier alpha value is -2.92. The van der Waals surface area contributed by atoms with Crippen molar-refractivity contribution in [3.8, 4) is 0 Å². The first-order valence-corrected chi connectivity index (χ1v) is 9.01. The Balaban J connectivity index is 1.75. The highest BCUT2D eigenvalue weighted by Crippen LogP contribution is 2.20. The average Bonchev–Trinajstić information content (AvgIpc) is 2.63. The molecule has 0 aliphatic heterocycles. The number of halogens is 1. The Bertz CT molecular complexity index is 970. The van der Waals surface area contributed by atoms with E-state index in [1.165, 1.54) is 0 Å². The van der Waals surface area contributed by atoms with Crippen LogP contribution in [0.1, 0.15) is 32.9 Å². The van der Waals surface area contributed by atoms with Gasteiger partial charge in [-0.1, -0.05) is 35.9 Å². The molecule has 27 heavy (non-hydrogen) atoms. The first-order chi connectivity index (χ1) is 12.9. The van der Waals surface area contributed by atoms with Crippen LogP contribution in [0.3, 0.4) is 0 Å². The number of amides is 1. The minimum atomic E-state index is -0.250. The fourth-order valence-electron chi connectivity index (χ4n) is 2.61. The van der Waals surface area contributed by atoms with Crippen LogP contribution in [-0.4, -0.2) is 15.9 Å². The minimum absolute atomic E-state index is 0.250. The summed E-state index contributed by atoms with van der Waals surface area (Å²) in [5, 5.41) is 6.75. The normalized spacial score (nSPS) is 10.5. The molecule has 2 N–H and O–H groups in total. The molecule has 0 saturated carbocycles. The average molecular weight is 381 g/mol. The van der Waals surface area contributed by atoms with Crippen LogP contribution >= 0.6 is 11.6 Å². The molecule has 0 saturated heterocycles. The Labute approximate surface area is 163 Å². The number of anilines is 2. The van der Waals surface area contributed by atoms with Gasteiger partial charge in [0.05, 0.1) is 0 Å². The summed E-state index contributed by atoms with van der Waals surface area (Å²) in [5.41, 5.74) is 5.15. The van der Waals surface area contributed by atoms with E-state index in [9.17, 15) is 4.79 Å². The maximum Gasteiger partial charge on any atom is 0.270 e. The lowest BCUT2D eigenvalue weighted by molar-refractivity contribution is 0.0945. The van der Waals surface area contributed by atoms with E-state index in [0.29, 0.717) is 23.2 Å². The maximum absolute atomic E-state index is 12.5. The fourth-order valence-corrected chi connectivity index (χ4v) is 2.73. The van der Waals surface area contributed by atoms with Crippen molar-refractivity contribution in [2.75, 3.05) is 5.32 Å². The highest BCUT2D eigenvalue weighted by molar-refractivity contribution is 6.30. The van der Waals surface area contributed by atoms with Gasteiger partial charge in [-0.15, -0.1) is 0 Å². The molecule has 0 aliphatic carbocycles. The highest BCUT2D eigenvalue weighted by Gasteiger charge is 2.11. The van der Waals surface area contributed by atoms with Gasteiger partial charge in [-0.25, -0.2) is 9.97 Å². The van der Waals surface area contributed by atoms with Crippen molar-refractivity contribution in [2.45, 2.75) is 27.3 Å². The second-order valence-corrected chi connectivity index (χ2v) is 6.91. The van der Waals surface area contributed by atoms with Crippen LogP contribution in [0.4, 0.5) is 11.6 Å². The summed E-state index contributed by atoms with van der Waals surface area (Å²) in [6.07, 6.45) is 0. The van der Waals surface area contributed by atoms with Gasteiger partial charge in [-0.2, -0.15) is 0 Å². The maximum atomic E-state index is 12.5. The molecule has 0 bridgehead atoms. The third kappa shape index (κ3) is 5.05. The molecule has 1 heterocycles. The summed E-state index contributed by atoms with van der Waals surface area (Å²) in [5.74, 6) is 0.153. The fraction of sp³-hybridized carbons (Fsp3) is 0.190. The Morgan fingerprint density at radius 1 is 1.00 bits per heavy atom. The Morgan fingerprint density at radius 3 is 2.48 bits per heavy atom. The molecule has 0 unspecified atom stereocenters. The predicted octanol–water partition coefficient (Wildman–Crippen LogP) is 4.73. The van der Waals surface area contributed by atoms with Gasteiger partial charge >= 0.3 is 0 Å². The number of aromatic nitrogens is 2. The van der Waals surface area contributed by atoms with Crippen LogP contribution in [0, 0.1) is 20.8 Å². The number of nitrogens with one attached hydrogen (secondary N) is 2. The van der Waals surface area contributed by atoms with Gasteiger partial charge in [0.15, 0.2) is 0 Å². The summed E-state index contributed by atoms with van der Waals surface area (Å²) in [6, 6.07) is 15.1. The summed E-state index contributed by atoms with van der Waals surface area (Å²) in [7, 11) is 0. The molecule has 6 heteroatoms. The monoisotopic (exact) mass is 380 g/mol. The lowest BCUT2D eigenvalue weighted by Gasteiger charge is -2.11. The van der Waals surface area contributed by atoms with E-state index in [1.54, 1.807) is 18.2 Å². The van der Waals surface area contributed by atoms with E-state index in [4.69, 9.17) is 11.6 Å². The molecule has 1 aromatic heterocycles. The van der Waals surface area contributed by atoms with Crippen molar-refractivity contribution < 1.29 is 4.79 Å². The zero-order valence-electron chi connectivity index (χ0n) is 15.5. The quantitative estimate of drug-likeness (QED) is 0.671. The zero-order chi connectivity index (χ0) is 19.4. The third-order valence-corrected chi connectivity index (χ3v) is 4.34. The van der Waals surface area contributed by atoms with Crippen LogP contribution < -0.4 is 10.6 Å². The van der Waals surface area contributed by atoms with Crippen molar-refractivity contribution in [1.82, 2.24) is 15.3 Å². The van der Waals surface area contributed by atoms with Crippen molar-refractivity contribution in [3.63, 3.8) is 0 Å². The van der Waals surface area contributed by atoms with Crippen LogP contribution in [0.5, 0.6) is 0 Å².